The van der Waals surface area contributed by atoms with Gasteiger partial charge in [0.25, 0.3) is 0 Å². The summed E-state index contributed by atoms with van der Waals surface area (Å²) < 4.78 is 0. The lowest BCUT2D eigenvalue weighted by Gasteiger charge is -2.19. The third kappa shape index (κ3) is 5.13. The minimum Gasteiger partial charge on any atom is -0.0770 e. The van der Waals surface area contributed by atoms with Crippen molar-refractivity contribution >= 4 is 0 Å². The van der Waals surface area contributed by atoms with E-state index >= 15 is 0 Å². The Morgan fingerprint density at radius 3 is 1.92 bits per heavy atom. The van der Waals surface area contributed by atoms with Crippen molar-refractivity contribution in [3.05, 3.63) is 11.1 Å². The predicted octanol–water partition coefficient (Wildman–Crippen LogP) is 4.81. The molecule has 78 valence electrons. The third-order valence-corrected chi connectivity index (χ3v) is 2.58. The van der Waals surface area contributed by atoms with Crippen molar-refractivity contribution in [2.75, 3.05) is 0 Å². The van der Waals surface area contributed by atoms with E-state index in [0.29, 0.717) is 0 Å². The van der Waals surface area contributed by atoms with Crippen LogP contribution in [0.15, 0.2) is 11.1 Å². The zero-order valence-corrected chi connectivity index (χ0v) is 10.3. The second-order valence-electron chi connectivity index (χ2n) is 4.81. The molecule has 0 aromatic rings. The molecule has 0 saturated carbocycles. The van der Waals surface area contributed by atoms with Gasteiger partial charge in [-0.3, -0.25) is 0 Å². The van der Waals surface area contributed by atoms with Crippen LogP contribution in [0.3, 0.4) is 0 Å². The van der Waals surface area contributed by atoms with Gasteiger partial charge in [0.05, 0.1) is 0 Å². The molecule has 0 aliphatic carbocycles. The van der Waals surface area contributed by atoms with Crippen LogP contribution >= 0.6 is 0 Å². The van der Waals surface area contributed by atoms with Gasteiger partial charge in [0.1, 0.15) is 0 Å². The molecule has 0 spiro atoms. The summed E-state index contributed by atoms with van der Waals surface area (Å²) in [6.07, 6.45) is 3.90. The van der Waals surface area contributed by atoms with E-state index in [-0.39, 0.29) is 0 Å². The van der Waals surface area contributed by atoms with Crippen LogP contribution in [0.4, 0.5) is 0 Å². The van der Waals surface area contributed by atoms with Crippen molar-refractivity contribution in [2.24, 2.45) is 11.8 Å². The first-order valence-electron chi connectivity index (χ1n) is 5.65. The first-order chi connectivity index (χ1) is 5.99. The molecule has 1 atom stereocenters. The second-order valence-corrected chi connectivity index (χ2v) is 4.81. The average molecular weight is 182 g/mol. The maximum absolute atomic E-state index is 2.37. The molecule has 0 N–H and O–H groups in total. The fraction of sp³-hybridized carbons (Fsp3) is 0.846. The van der Waals surface area contributed by atoms with Gasteiger partial charge in [0.2, 0.25) is 0 Å². The molecule has 1 unspecified atom stereocenters. The maximum atomic E-state index is 2.37. The highest BCUT2D eigenvalue weighted by Crippen LogP contribution is 2.25. The lowest BCUT2D eigenvalue weighted by molar-refractivity contribution is 0.472. The normalized spacial score (nSPS) is 13.2. The number of allylic oxidation sites excluding steroid dienone is 2. The summed E-state index contributed by atoms with van der Waals surface area (Å²) in [5, 5.41) is 0. The van der Waals surface area contributed by atoms with Crippen molar-refractivity contribution in [3.63, 3.8) is 0 Å². The Labute approximate surface area is 84.4 Å². The minimum absolute atomic E-state index is 0.782. The van der Waals surface area contributed by atoms with Gasteiger partial charge in [0, 0.05) is 0 Å². The second kappa shape index (κ2) is 6.23. The van der Waals surface area contributed by atoms with E-state index in [1.165, 1.54) is 24.8 Å². The summed E-state index contributed by atoms with van der Waals surface area (Å²) in [6.45, 7) is 13.8. The first-order valence-corrected chi connectivity index (χ1v) is 5.65. The summed E-state index contributed by atoms with van der Waals surface area (Å²) in [7, 11) is 0. The quantitative estimate of drug-likeness (QED) is 0.535. The lowest BCUT2D eigenvalue weighted by Crippen LogP contribution is -2.05. The highest BCUT2D eigenvalue weighted by Gasteiger charge is 2.10. The van der Waals surface area contributed by atoms with Gasteiger partial charge in [-0.25, -0.2) is 0 Å². The number of rotatable bonds is 5. The monoisotopic (exact) mass is 182 g/mol. The fourth-order valence-electron chi connectivity index (χ4n) is 2.11. The molecule has 0 aromatic heterocycles. The highest BCUT2D eigenvalue weighted by atomic mass is 14.2. The largest absolute Gasteiger partial charge is 0.0770 e. The van der Waals surface area contributed by atoms with Crippen LogP contribution in [-0.4, -0.2) is 0 Å². The molecule has 0 amide bonds. The van der Waals surface area contributed by atoms with Crippen molar-refractivity contribution in [1.82, 2.24) is 0 Å². The summed E-state index contributed by atoms with van der Waals surface area (Å²) in [4.78, 5) is 0. The SMILES string of the molecule is CCCC(=C(C)C)C(C)CC(C)C. The van der Waals surface area contributed by atoms with Gasteiger partial charge in [0.15, 0.2) is 0 Å². The van der Waals surface area contributed by atoms with Gasteiger partial charge in [-0.2, -0.15) is 0 Å². The molecular formula is C13H26. The van der Waals surface area contributed by atoms with Gasteiger partial charge < -0.3 is 0 Å². The summed E-state index contributed by atoms with van der Waals surface area (Å²) in [5.74, 6) is 1.60. The average Bonchev–Trinajstić information content (AvgIpc) is 1.97. The molecular weight excluding hydrogens is 156 g/mol. The van der Waals surface area contributed by atoms with Crippen molar-refractivity contribution in [2.45, 2.75) is 60.8 Å². The highest BCUT2D eigenvalue weighted by molar-refractivity contribution is 5.12. The molecule has 0 heterocycles. The molecule has 0 aliphatic heterocycles. The molecule has 0 aliphatic rings. The first kappa shape index (κ1) is 12.7. The summed E-state index contributed by atoms with van der Waals surface area (Å²) >= 11 is 0. The smallest absolute Gasteiger partial charge is 0.0227 e. The van der Waals surface area contributed by atoms with Crippen LogP contribution in [0.2, 0.25) is 0 Å². The zero-order valence-electron chi connectivity index (χ0n) is 10.3. The molecule has 0 heteroatoms. The minimum atomic E-state index is 0.782. The van der Waals surface area contributed by atoms with E-state index in [0.717, 1.165) is 11.8 Å². The lowest BCUT2D eigenvalue weighted by atomic mass is 9.87. The summed E-state index contributed by atoms with van der Waals surface area (Å²) in [6, 6.07) is 0. The van der Waals surface area contributed by atoms with Crippen LogP contribution in [0.25, 0.3) is 0 Å². The fourth-order valence-corrected chi connectivity index (χ4v) is 2.11. The molecule has 0 rings (SSSR count). The van der Waals surface area contributed by atoms with Gasteiger partial charge in [-0.1, -0.05) is 45.3 Å². The van der Waals surface area contributed by atoms with E-state index in [1.807, 2.05) is 0 Å². The maximum Gasteiger partial charge on any atom is -0.0227 e. The van der Waals surface area contributed by atoms with E-state index in [9.17, 15) is 0 Å². The Morgan fingerprint density at radius 1 is 1.08 bits per heavy atom. The number of hydrogen-bond acceptors (Lipinski definition) is 0. The molecule has 0 radical (unpaired) electrons. The van der Waals surface area contributed by atoms with E-state index < -0.39 is 0 Å². The Kier molecular flexibility index (Phi) is 6.11. The zero-order chi connectivity index (χ0) is 10.4. The predicted molar refractivity (Wildman–Crippen MR) is 61.9 cm³/mol. The Morgan fingerprint density at radius 2 is 1.62 bits per heavy atom. The standard InChI is InChI=1S/C13H26/c1-7-8-13(11(4)5)12(6)9-10(2)3/h10,12H,7-9H2,1-6H3. The van der Waals surface area contributed by atoms with Gasteiger partial charge >= 0.3 is 0 Å². The van der Waals surface area contributed by atoms with Crippen molar-refractivity contribution < 1.29 is 0 Å². The Balaban J connectivity index is 4.30. The Bertz CT molecular complexity index is 159. The van der Waals surface area contributed by atoms with Crippen LogP contribution in [0.1, 0.15) is 60.8 Å². The molecule has 0 aromatic carbocycles. The van der Waals surface area contributed by atoms with Crippen molar-refractivity contribution in [3.8, 4) is 0 Å². The molecule has 13 heavy (non-hydrogen) atoms. The van der Waals surface area contributed by atoms with Crippen LogP contribution in [0, 0.1) is 11.8 Å². The van der Waals surface area contributed by atoms with Gasteiger partial charge in [-0.15, -0.1) is 0 Å². The van der Waals surface area contributed by atoms with Crippen LogP contribution < -0.4 is 0 Å². The molecule has 0 bridgehead atoms. The number of hydrogen-bond donors (Lipinski definition) is 0. The van der Waals surface area contributed by atoms with Crippen LogP contribution in [0.5, 0.6) is 0 Å². The Hall–Kier alpha value is -0.260. The van der Waals surface area contributed by atoms with Gasteiger partial charge in [-0.05, 0) is 38.5 Å². The summed E-state index contributed by atoms with van der Waals surface area (Å²) in [5.41, 5.74) is 3.23. The van der Waals surface area contributed by atoms with E-state index in [4.69, 9.17) is 0 Å². The molecule has 0 nitrogen and oxygen atoms in total. The van der Waals surface area contributed by atoms with Crippen molar-refractivity contribution in [1.29, 1.82) is 0 Å². The van der Waals surface area contributed by atoms with E-state index in [2.05, 4.69) is 41.5 Å². The molecule has 0 fully saturated rings. The molecule has 0 saturated heterocycles. The topological polar surface area (TPSA) is 0 Å². The third-order valence-electron chi connectivity index (χ3n) is 2.58. The van der Waals surface area contributed by atoms with E-state index in [1.54, 1.807) is 5.57 Å². The van der Waals surface area contributed by atoms with Crippen LogP contribution in [-0.2, 0) is 0 Å².